The van der Waals surface area contributed by atoms with Crippen LogP contribution in [0.5, 0.6) is 5.75 Å². The standard InChI is InChI=1S/C29H30BrClN2O4S/c1-19-14-27-26(17-24(19)30)33(18-20(2)37-27)29(34)23-8-9-25(31)28(16-23)38(35,36)32-12-10-22(11-13-32)15-21-6-4-3-5-7-21/h3-9,14,16-17,20,22H,10-13,15,18H2,1-2H3. The Balaban J connectivity index is 1.37. The summed E-state index contributed by atoms with van der Waals surface area (Å²) >= 11 is 9.95. The molecular formula is C29H30BrClN2O4S. The van der Waals surface area contributed by atoms with E-state index in [1.165, 1.54) is 22.0 Å². The highest BCUT2D eigenvalue weighted by atomic mass is 79.9. The number of sulfonamides is 1. The molecule has 2 aliphatic heterocycles. The summed E-state index contributed by atoms with van der Waals surface area (Å²) < 4.78 is 35.6. The third kappa shape index (κ3) is 5.50. The first-order chi connectivity index (χ1) is 18.1. The third-order valence-electron chi connectivity index (χ3n) is 7.28. The molecule has 9 heteroatoms. The Kier molecular flexibility index (Phi) is 7.87. The lowest BCUT2D eigenvalue weighted by Crippen LogP contribution is -2.42. The van der Waals surface area contributed by atoms with E-state index in [9.17, 15) is 13.2 Å². The van der Waals surface area contributed by atoms with Gasteiger partial charge in [-0.15, -0.1) is 0 Å². The molecule has 1 saturated heterocycles. The third-order valence-corrected chi connectivity index (χ3v) is 10.5. The molecule has 6 nitrogen and oxygen atoms in total. The summed E-state index contributed by atoms with van der Waals surface area (Å²) in [5.41, 5.74) is 3.18. The maximum atomic E-state index is 13.7. The Morgan fingerprint density at radius 1 is 1.08 bits per heavy atom. The fourth-order valence-corrected chi connectivity index (χ4v) is 7.48. The monoisotopic (exact) mass is 616 g/mol. The van der Waals surface area contributed by atoms with Crippen LogP contribution >= 0.6 is 27.5 Å². The number of benzene rings is 3. The highest BCUT2D eigenvalue weighted by Crippen LogP contribution is 2.39. The van der Waals surface area contributed by atoms with Gasteiger partial charge in [-0.1, -0.05) is 57.9 Å². The molecule has 38 heavy (non-hydrogen) atoms. The summed E-state index contributed by atoms with van der Waals surface area (Å²) in [7, 11) is -3.86. The van der Waals surface area contributed by atoms with Crippen molar-refractivity contribution < 1.29 is 17.9 Å². The van der Waals surface area contributed by atoms with Crippen LogP contribution in [0.2, 0.25) is 5.02 Å². The molecule has 0 aliphatic carbocycles. The zero-order chi connectivity index (χ0) is 27.0. The molecule has 0 spiro atoms. The van der Waals surface area contributed by atoms with Crippen LogP contribution in [0.15, 0.2) is 70.0 Å². The Morgan fingerprint density at radius 3 is 2.50 bits per heavy atom. The van der Waals surface area contributed by atoms with Crippen molar-refractivity contribution >= 4 is 49.1 Å². The number of piperidine rings is 1. The van der Waals surface area contributed by atoms with Gasteiger partial charge < -0.3 is 9.64 Å². The topological polar surface area (TPSA) is 66.9 Å². The van der Waals surface area contributed by atoms with E-state index >= 15 is 0 Å². The molecule has 0 radical (unpaired) electrons. The highest BCUT2D eigenvalue weighted by molar-refractivity contribution is 9.10. The lowest BCUT2D eigenvalue weighted by molar-refractivity contribution is 0.0961. The number of fused-ring (bicyclic) bond motifs is 1. The Hall–Kier alpha value is -2.39. The summed E-state index contributed by atoms with van der Waals surface area (Å²) in [6, 6.07) is 18.5. The summed E-state index contributed by atoms with van der Waals surface area (Å²) in [6.45, 7) is 5.06. The minimum Gasteiger partial charge on any atom is -0.487 e. The molecular weight excluding hydrogens is 588 g/mol. The summed E-state index contributed by atoms with van der Waals surface area (Å²) in [5.74, 6) is 0.753. The normalized spacial score (nSPS) is 18.6. The number of anilines is 1. The number of hydrogen-bond donors (Lipinski definition) is 0. The SMILES string of the molecule is Cc1cc2c(cc1Br)N(C(=O)c1ccc(Cl)c(S(=O)(=O)N3CCC(Cc4ccccc4)CC3)c1)CC(C)O2. The van der Waals surface area contributed by atoms with E-state index in [1.807, 2.05) is 44.2 Å². The van der Waals surface area contributed by atoms with E-state index in [0.717, 1.165) is 29.3 Å². The minimum absolute atomic E-state index is 0.0295. The number of ether oxygens (including phenoxy) is 1. The van der Waals surface area contributed by atoms with E-state index in [-0.39, 0.29) is 27.5 Å². The zero-order valence-corrected chi connectivity index (χ0v) is 24.5. The molecule has 0 N–H and O–H groups in total. The van der Waals surface area contributed by atoms with E-state index in [1.54, 1.807) is 11.0 Å². The second-order valence-electron chi connectivity index (χ2n) is 10.1. The van der Waals surface area contributed by atoms with Crippen molar-refractivity contribution in [2.45, 2.75) is 44.1 Å². The molecule has 1 atom stereocenters. The van der Waals surface area contributed by atoms with Crippen molar-refractivity contribution in [2.24, 2.45) is 5.92 Å². The zero-order valence-electron chi connectivity index (χ0n) is 21.4. The average Bonchev–Trinajstić information content (AvgIpc) is 2.90. The molecule has 200 valence electrons. The Bertz CT molecular complexity index is 1460. The van der Waals surface area contributed by atoms with Gasteiger partial charge in [-0.25, -0.2) is 8.42 Å². The Labute approximate surface area is 237 Å². The van der Waals surface area contributed by atoms with Crippen molar-refractivity contribution in [3.63, 3.8) is 0 Å². The van der Waals surface area contributed by atoms with Crippen LogP contribution in [0.4, 0.5) is 5.69 Å². The van der Waals surface area contributed by atoms with Crippen LogP contribution in [0, 0.1) is 12.8 Å². The van der Waals surface area contributed by atoms with Crippen molar-refractivity contribution in [1.29, 1.82) is 0 Å². The van der Waals surface area contributed by atoms with E-state index in [0.29, 0.717) is 37.0 Å². The molecule has 0 saturated carbocycles. The molecule has 0 aromatic heterocycles. The van der Waals surface area contributed by atoms with Crippen molar-refractivity contribution in [3.05, 3.63) is 86.8 Å². The van der Waals surface area contributed by atoms with Gasteiger partial charge in [-0.2, -0.15) is 4.31 Å². The molecule has 1 amide bonds. The first kappa shape index (κ1) is 27.2. The molecule has 5 rings (SSSR count). The van der Waals surface area contributed by atoms with Crippen LogP contribution in [-0.2, 0) is 16.4 Å². The van der Waals surface area contributed by atoms with Gasteiger partial charge >= 0.3 is 0 Å². The Morgan fingerprint density at radius 2 is 1.79 bits per heavy atom. The highest BCUT2D eigenvalue weighted by Gasteiger charge is 2.33. The number of halogens is 2. The predicted octanol–water partition coefficient (Wildman–Crippen LogP) is 6.48. The van der Waals surface area contributed by atoms with Gasteiger partial charge in [0.25, 0.3) is 5.91 Å². The summed E-state index contributed by atoms with van der Waals surface area (Å²) in [4.78, 5) is 15.3. The van der Waals surface area contributed by atoms with Crippen molar-refractivity contribution in [1.82, 2.24) is 4.31 Å². The smallest absolute Gasteiger partial charge is 0.258 e. The van der Waals surface area contributed by atoms with Gasteiger partial charge in [0.05, 0.1) is 17.3 Å². The van der Waals surface area contributed by atoms with Crippen molar-refractivity contribution in [3.8, 4) is 5.75 Å². The van der Waals surface area contributed by atoms with Gasteiger partial charge in [-0.05, 0) is 80.5 Å². The molecule has 2 heterocycles. The number of rotatable bonds is 5. The van der Waals surface area contributed by atoms with Gasteiger partial charge in [0, 0.05) is 23.1 Å². The van der Waals surface area contributed by atoms with Crippen LogP contribution in [-0.4, -0.2) is 44.4 Å². The molecule has 1 fully saturated rings. The van der Waals surface area contributed by atoms with Gasteiger partial charge in [-0.3, -0.25) is 4.79 Å². The fraction of sp³-hybridized carbons (Fsp3) is 0.345. The lowest BCUT2D eigenvalue weighted by Gasteiger charge is -2.34. The molecule has 1 unspecified atom stereocenters. The largest absolute Gasteiger partial charge is 0.487 e. The molecule has 3 aromatic carbocycles. The number of amides is 1. The van der Waals surface area contributed by atoms with E-state index in [2.05, 4.69) is 28.1 Å². The molecule has 2 aliphatic rings. The summed E-state index contributed by atoms with van der Waals surface area (Å²) in [5, 5.41) is 0.113. The van der Waals surface area contributed by atoms with Gasteiger partial charge in [0.15, 0.2) is 0 Å². The van der Waals surface area contributed by atoms with Crippen LogP contribution in [0.3, 0.4) is 0 Å². The maximum Gasteiger partial charge on any atom is 0.258 e. The quantitative estimate of drug-likeness (QED) is 0.329. The maximum absolute atomic E-state index is 13.7. The number of hydrogen-bond acceptors (Lipinski definition) is 4. The van der Waals surface area contributed by atoms with Gasteiger partial charge in [0.2, 0.25) is 10.0 Å². The van der Waals surface area contributed by atoms with E-state index in [4.69, 9.17) is 16.3 Å². The predicted molar refractivity (Wildman–Crippen MR) is 154 cm³/mol. The average molecular weight is 618 g/mol. The minimum atomic E-state index is -3.86. The van der Waals surface area contributed by atoms with Crippen molar-refractivity contribution in [2.75, 3.05) is 24.5 Å². The van der Waals surface area contributed by atoms with Gasteiger partial charge in [0.1, 0.15) is 16.7 Å². The fourth-order valence-electron chi connectivity index (χ4n) is 5.18. The summed E-state index contributed by atoms with van der Waals surface area (Å²) in [6.07, 6.45) is 2.29. The lowest BCUT2D eigenvalue weighted by atomic mass is 9.91. The molecule has 3 aromatic rings. The number of carbonyl (C=O) groups is 1. The van der Waals surface area contributed by atoms with Crippen LogP contribution < -0.4 is 9.64 Å². The number of carbonyl (C=O) groups excluding carboxylic acids is 1. The number of nitrogens with zero attached hydrogens (tertiary/aromatic N) is 2. The molecule has 0 bridgehead atoms. The second-order valence-corrected chi connectivity index (χ2v) is 13.3. The second kappa shape index (κ2) is 11.0. The van der Waals surface area contributed by atoms with E-state index < -0.39 is 10.0 Å². The first-order valence-electron chi connectivity index (χ1n) is 12.8. The first-order valence-corrected chi connectivity index (χ1v) is 15.4. The van der Waals surface area contributed by atoms with Crippen LogP contribution in [0.25, 0.3) is 0 Å². The number of aryl methyl sites for hydroxylation is 1. The van der Waals surface area contributed by atoms with Crippen LogP contribution in [0.1, 0.15) is 41.3 Å².